The van der Waals surface area contributed by atoms with Crippen LogP contribution in [0, 0.1) is 13.8 Å². The van der Waals surface area contributed by atoms with Crippen molar-refractivity contribution in [2.24, 2.45) is 0 Å². The first-order valence-corrected chi connectivity index (χ1v) is 10.8. The minimum atomic E-state index is 0.538. The SMILES string of the molecule is Cc1cnc(Nc2ccc(N3CCNCC3)cc2)nc1Nc1cnnc2c(C)cccc12. The molecule has 162 valence electrons. The maximum absolute atomic E-state index is 4.70. The quantitative estimate of drug-likeness (QED) is 0.442. The van der Waals surface area contributed by atoms with Gasteiger partial charge in [0.25, 0.3) is 0 Å². The highest BCUT2D eigenvalue weighted by Gasteiger charge is 2.11. The maximum Gasteiger partial charge on any atom is 0.229 e. The standard InChI is InChI=1S/C24H26N8/c1-16-4-3-5-20-21(15-27-31-22(16)20)29-23-17(2)14-26-24(30-23)28-18-6-8-19(9-7-18)32-12-10-25-11-13-32/h3-9,14-15,25H,10-13H2,1-2H3,(H2,26,28,29,30,31). The van der Waals surface area contributed by atoms with Crippen molar-refractivity contribution in [3.05, 3.63) is 66.0 Å². The van der Waals surface area contributed by atoms with Gasteiger partial charge in [-0.15, -0.1) is 0 Å². The summed E-state index contributed by atoms with van der Waals surface area (Å²) in [6.45, 7) is 8.12. The van der Waals surface area contributed by atoms with Crippen molar-refractivity contribution in [3.63, 3.8) is 0 Å². The Kier molecular flexibility index (Phi) is 5.51. The van der Waals surface area contributed by atoms with E-state index in [9.17, 15) is 0 Å². The first kappa shape index (κ1) is 20.1. The molecule has 0 spiro atoms. The highest BCUT2D eigenvalue weighted by molar-refractivity contribution is 5.93. The van der Waals surface area contributed by atoms with Gasteiger partial charge in [-0.25, -0.2) is 4.98 Å². The topological polar surface area (TPSA) is 90.9 Å². The molecule has 8 nitrogen and oxygen atoms in total. The van der Waals surface area contributed by atoms with Crippen molar-refractivity contribution in [3.8, 4) is 0 Å². The number of nitrogens with zero attached hydrogens (tertiary/aromatic N) is 5. The van der Waals surface area contributed by atoms with Gasteiger partial charge in [-0.2, -0.15) is 15.2 Å². The summed E-state index contributed by atoms with van der Waals surface area (Å²) >= 11 is 0. The van der Waals surface area contributed by atoms with E-state index in [-0.39, 0.29) is 0 Å². The largest absolute Gasteiger partial charge is 0.369 e. The third kappa shape index (κ3) is 4.17. The van der Waals surface area contributed by atoms with Crippen LogP contribution in [0.25, 0.3) is 10.9 Å². The fraction of sp³-hybridized carbons (Fsp3) is 0.250. The average molecular weight is 427 g/mol. The van der Waals surface area contributed by atoms with E-state index >= 15 is 0 Å². The zero-order chi connectivity index (χ0) is 21.9. The second kappa shape index (κ2) is 8.76. The van der Waals surface area contributed by atoms with Crippen LogP contribution < -0.4 is 20.9 Å². The van der Waals surface area contributed by atoms with Gasteiger partial charge in [-0.05, 0) is 43.7 Å². The van der Waals surface area contributed by atoms with Gasteiger partial charge in [0.05, 0.1) is 17.4 Å². The Balaban J connectivity index is 1.36. The summed E-state index contributed by atoms with van der Waals surface area (Å²) in [5.41, 5.74) is 5.97. The van der Waals surface area contributed by atoms with Gasteiger partial charge in [-0.1, -0.05) is 18.2 Å². The van der Waals surface area contributed by atoms with E-state index in [2.05, 4.69) is 60.3 Å². The first-order chi connectivity index (χ1) is 15.7. The van der Waals surface area contributed by atoms with Crippen LogP contribution in [-0.2, 0) is 0 Å². The van der Waals surface area contributed by atoms with Gasteiger partial charge in [0, 0.05) is 54.7 Å². The molecule has 5 rings (SSSR count). The molecule has 0 amide bonds. The second-order valence-electron chi connectivity index (χ2n) is 7.99. The number of nitrogens with one attached hydrogen (secondary N) is 3. The summed E-state index contributed by atoms with van der Waals surface area (Å²) in [5.74, 6) is 1.27. The van der Waals surface area contributed by atoms with E-state index in [0.717, 1.165) is 65.4 Å². The lowest BCUT2D eigenvalue weighted by Crippen LogP contribution is -2.43. The molecule has 3 heterocycles. The summed E-state index contributed by atoms with van der Waals surface area (Å²) in [4.78, 5) is 11.5. The molecule has 0 aliphatic carbocycles. The molecule has 32 heavy (non-hydrogen) atoms. The highest BCUT2D eigenvalue weighted by Crippen LogP contribution is 2.27. The number of hydrogen-bond donors (Lipinski definition) is 3. The van der Waals surface area contributed by atoms with Crippen LogP contribution >= 0.6 is 0 Å². The Labute approximate surface area is 187 Å². The van der Waals surface area contributed by atoms with E-state index < -0.39 is 0 Å². The number of benzene rings is 2. The molecule has 3 N–H and O–H groups in total. The van der Waals surface area contributed by atoms with Crippen LogP contribution in [-0.4, -0.2) is 46.3 Å². The van der Waals surface area contributed by atoms with Gasteiger partial charge in [0.15, 0.2) is 0 Å². The molecule has 2 aromatic heterocycles. The fourth-order valence-corrected chi connectivity index (χ4v) is 3.89. The van der Waals surface area contributed by atoms with Crippen LogP contribution in [0.2, 0.25) is 0 Å². The van der Waals surface area contributed by atoms with Crippen molar-refractivity contribution < 1.29 is 0 Å². The Morgan fingerprint density at radius 3 is 2.53 bits per heavy atom. The van der Waals surface area contributed by atoms with E-state index in [1.54, 1.807) is 6.20 Å². The molecule has 1 aliphatic heterocycles. The predicted molar refractivity (Wildman–Crippen MR) is 129 cm³/mol. The lowest BCUT2D eigenvalue weighted by molar-refractivity contribution is 0.589. The monoisotopic (exact) mass is 426 g/mol. The first-order valence-electron chi connectivity index (χ1n) is 10.8. The van der Waals surface area contributed by atoms with E-state index in [1.807, 2.05) is 38.2 Å². The normalized spacial score (nSPS) is 13.9. The highest BCUT2D eigenvalue weighted by atomic mass is 15.2. The summed E-state index contributed by atoms with van der Waals surface area (Å²) in [6, 6.07) is 14.5. The smallest absolute Gasteiger partial charge is 0.229 e. The molecule has 0 atom stereocenters. The van der Waals surface area contributed by atoms with Gasteiger partial charge in [0.1, 0.15) is 5.82 Å². The number of aryl methyl sites for hydroxylation is 2. The molecule has 1 aliphatic rings. The second-order valence-corrected chi connectivity index (χ2v) is 7.99. The number of rotatable bonds is 5. The Hall–Kier alpha value is -3.78. The molecule has 1 saturated heterocycles. The van der Waals surface area contributed by atoms with Crippen LogP contribution in [0.15, 0.2) is 54.9 Å². The number of fused-ring (bicyclic) bond motifs is 1. The Morgan fingerprint density at radius 2 is 1.72 bits per heavy atom. The lowest BCUT2D eigenvalue weighted by atomic mass is 10.1. The number of aromatic nitrogens is 4. The van der Waals surface area contributed by atoms with Crippen molar-refractivity contribution in [2.45, 2.75) is 13.8 Å². The Bertz CT molecular complexity index is 1230. The number of piperazine rings is 1. The number of anilines is 5. The van der Waals surface area contributed by atoms with Crippen molar-refractivity contribution >= 4 is 39.7 Å². The molecule has 0 bridgehead atoms. The molecular formula is C24H26N8. The molecule has 8 heteroatoms. The summed E-state index contributed by atoms with van der Waals surface area (Å²) in [7, 11) is 0. The van der Waals surface area contributed by atoms with Crippen LogP contribution in [0.5, 0.6) is 0 Å². The molecule has 1 fully saturated rings. The number of hydrogen-bond acceptors (Lipinski definition) is 8. The third-order valence-corrected chi connectivity index (χ3v) is 5.70. The average Bonchev–Trinajstić information content (AvgIpc) is 2.83. The molecule has 0 unspecified atom stereocenters. The fourth-order valence-electron chi connectivity index (χ4n) is 3.89. The van der Waals surface area contributed by atoms with E-state index in [0.29, 0.717) is 5.95 Å². The molecule has 0 saturated carbocycles. The summed E-state index contributed by atoms with van der Waals surface area (Å²) in [6.07, 6.45) is 3.54. The van der Waals surface area contributed by atoms with Crippen molar-refractivity contribution in [2.75, 3.05) is 41.7 Å². The van der Waals surface area contributed by atoms with E-state index in [1.165, 1.54) is 5.69 Å². The van der Waals surface area contributed by atoms with Crippen molar-refractivity contribution in [1.29, 1.82) is 0 Å². The zero-order valence-electron chi connectivity index (χ0n) is 18.3. The van der Waals surface area contributed by atoms with Crippen LogP contribution in [0.3, 0.4) is 0 Å². The van der Waals surface area contributed by atoms with E-state index in [4.69, 9.17) is 4.98 Å². The van der Waals surface area contributed by atoms with Gasteiger partial charge >= 0.3 is 0 Å². The molecule has 2 aromatic carbocycles. The minimum Gasteiger partial charge on any atom is -0.369 e. The molecule has 0 radical (unpaired) electrons. The Morgan fingerprint density at radius 1 is 0.906 bits per heavy atom. The van der Waals surface area contributed by atoms with Crippen LogP contribution in [0.4, 0.5) is 28.8 Å². The molecule has 4 aromatic rings. The van der Waals surface area contributed by atoms with Gasteiger partial charge in [-0.3, -0.25) is 0 Å². The van der Waals surface area contributed by atoms with Crippen LogP contribution in [0.1, 0.15) is 11.1 Å². The summed E-state index contributed by atoms with van der Waals surface area (Å²) < 4.78 is 0. The predicted octanol–water partition coefficient (Wildman–Crippen LogP) is 3.93. The van der Waals surface area contributed by atoms with Gasteiger partial charge in [0.2, 0.25) is 5.95 Å². The van der Waals surface area contributed by atoms with Gasteiger partial charge < -0.3 is 20.9 Å². The third-order valence-electron chi connectivity index (χ3n) is 5.70. The summed E-state index contributed by atoms with van der Waals surface area (Å²) in [5, 5.41) is 19.6. The minimum absolute atomic E-state index is 0.538. The zero-order valence-corrected chi connectivity index (χ0v) is 18.3. The maximum atomic E-state index is 4.70. The van der Waals surface area contributed by atoms with Crippen molar-refractivity contribution in [1.82, 2.24) is 25.5 Å². The molecular weight excluding hydrogens is 400 g/mol. The lowest BCUT2D eigenvalue weighted by Gasteiger charge is -2.29.